The maximum Gasteiger partial charge on any atom is 0.409 e. The highest BCUT2D eigenvalue weighted by atomic mass is 16.5. The number of likely N-dealkylation sites (tertiary alicyclic amines) is 1. The molecule has 2 fully saturated rings. The molecule has 2 aliphatic rings. The number of methoxy groups -OCH3 is 1. The van der Waals surface area contributed by atoms with E-state index in [9.17, 15) is 4.79 Å². The number of hydrogen-bond donors (Lipinski definition) is 0. The number of benzene rings is 1. The molecule has 4 heteroatoms. The largest absolute Gasteiger partial charge is 0.453 e. The minimum absolute atomic E-state index is 0.0587. The van der Waals surface area contributed by atoms with Gasteiger partial charge in [-0.3, -0.25) is 0 Å². The molecule has 1 aliphatic heterocycles. The van der Waals surface area contributed by atoms with E-state index in [4.69, 9.17) is 9.47 Å². The second-order valence-corrected chi connectivity index (χ2v) is 6.84. The number of carbonyl (C=O) groups excluding carboxylic acids is 1. The normalized spacial score (nSPS) is 26.4. The zero-order valence-electron chi connectivity index (χ0n) is 14.4. The van der Waals surface area contributed by atoms with Gasteiger partial charge in [0.2, 0.25) is 0 Å². The number of hydrogen-bond acceptors (Lipinski definition) is 3. The Kier molecular flexibility index (Phi) is 5.56. The molecule has 3 atom stereocenters. The Morgan fingerprint density at radius 3 is 2.71 bits per heavy atom. The summed E-state index contributed by atoms with van der Waals surface area (Å²) in [7, 11) is 1.45. The number of carbonyl (C=O) groups is 1. The van der Waals surface area contributed by atoms with Gasteiger partial charge in [0.25, 0.3) is 0 Å². The lowest BCUT2D eigenvalue weighted by atomic mass is 9.84. The summed E-state index contributed by atoms with van der Waals surface area (Å²) in [6.07, 6.45) is 5.19. The molecule has 1 heterocycles. The molecule has 1 aromatic carbocycles. The van der Waals surface area contributed by atoms with Gasteiger partial charge in [-0.2, -0.15) is 0 Å². The first-order valence-electron chi connectivity index (χ1n) is 8.83. The number of amides is 1. The van der Waals surface area contributed by atoms with Crippen LogP contribution in [0, 0.1) is 17.8 Å². The molecule has 130 valence electrons. The summed E-state index contributed by atoms with van der Waals surface area (Å²) in [5.74, 6) is 1.72. The van der Waals surface area contributed by atoms with Crippen LogP contribution in [0.5, 0.6) is 0 Å². The second kappa shape index (κ2) is 7.84. The fourth-order valence-corrected chi connectivity index (χ4v) is 3.98. The van der Waals surface area contributed by atoms with Crippen LogP contribution in [0.1, 0.15) is 24.8 Å². The number of ether oxygens (including phenoxy) is 2. The van der Waals surface area contributed by atoms with Crippen molar-refractivity contribution in [3.05, 3.63) is 48.6 Å². The third-order valence-corrected chi connectivity index (χ3v) is 5.34. The van der Waals surface area contributed by atoms with Gasteiger partial charge in [0.05, 0.1) is 19.8 Å². The monoisotopic (exact) mass is 329 g/mol. The number of rotatable bonds is 7. The van der Waals surface area contributed by atoms with Gasteiger partial charge in [-0.05, 0) is 42.6 Å². The third-order valence-electron chi connectivity index (χ3n) is 5.34. The summed E-state index contributed by atoms with van der Waals surface area (Å²) in [6.45, 7) is 6.10. The first-order valence-corrected chi connectivity index (χ1v) is 8.83. The Morgan fingerprint density at radius 1 is 1.33 bits per heavy atom. The third kappa shape index (κ3) is 3.81. The fraction of sp³-hybridized carbons (Fsp3) is 0.550. The molecular formula is C20H27NO3. The summed E-state index contributed by atoms with van der Waals surface area (Å²) in [4.78, 5) is 13.9. The molecule has 0 unspecified atom stereocenters. The molecule has 1 saturated carbocycles. The second-order valence-electron chi connectivity index (χ2n) is 6.84. The first-order chi connectivity index (χ1) is 11.7. The van der Waals surface area contributed by atoms with Crippen molar-refractivity contribution in [1.82, 2.24) is 4.90 Å². The zero-order chi connectivity index (χ0) is 16.9. The molecule has 0 aromatic heterocycles. The lowest BCUT2D eigenvalue weighted by Gasteiger charge is -2.25. The van der Waals surface area contributed by atoms with Crippen molar-refractivity contribution in [3.63, 3.8) is 0 Å². The van der Waals surface area contributed by atoms with E-state index in [2.05, 4.69) is 18.7 Å². The van der Waals surface area contributed by atoms with E-state index in [1.54, 1.807) is 0 Å². The molecule has 4 nitrogen and oxygen atoms in total. The predicted molar refractivity (Wildman–Crippen MR) is 93.5 cm³/mol. The van der Waals surface area contributed by atoms with Gasteiger partial charge >= 0.3 is 6.09 Å². The molecule has 0 bridgehead atoms. The van der Waals surface area contributed by atoms with Crippen molar-refractivity contribution in [2.24, 2.45) is 17.8 Å². The van der Waals surface area contributed by atoms with Crippen LogP contribution in [0.2, 0.25) is 0 Å². The lowest BCUT2D eigenvalue weighted by Crippen LogP contribution is -2.36. The van der Waals surface area contributed by atoms with Gasteiger partial charge < -0.3 is 14.4 Å². The topological polar surface area (TPSA) is 38.8 Å². The van der Waals surface area contributed by atoms with E-state index in [1.807, 2.05) is 29.2 Å². The van der Waals surface area contributed by atoms with Crippen molar-refractivity contribution in [1.29, 1.82) is 0 Å². The Balaban J connectivity index is 1.56. The van der Waals surface area contributed by atoms with Crippen LogP contribution in [0.25, 0.3) is 0 Å². The van der Waals surface area contributed by atoms with E-state index >= 15 is 0 Å². The average molecular weight is 329 g/mol. The molecular weight excluding hydrogens is 302 g/mol. The maximum atomic E-state index is 12.1. The van der Waals surface area contributed by atoms with Crippen LogP contribution in [-0.2, 0) is 16.1 Å². The minimum atomic E-state index is -0.238. The molecule has 24 heavy (non-hydrogen) atoms. The van der Waals surface area contributed by atoms with Crippen LogP contribution in [0.3, 0.4) is 0 Å². The maximum absolute atomic E-state index is 12.1. The highest BCUT2D eigenvalue weighted by Gasteiger charge is 2.48. The van der Waals surface area contributed by atoms with Crippen LogP contribution in [0.4, 0.5) is 4.79 Å². The van der Waals surface area contributed by atoms with Crippen molar-refractivity contribution in [2.75, 3.05) is 20.3 Å². The van der Waals surface area contributed by atoms with Gasteiger partial charge in [-0.15, -0.1) is 6.58 Å². The van der Waals surface area contributed by atoms with Gasteiger partial charge in [-0.25, -0.2) is 4.79 Å². The van der Waals surface area contributed by atoms with Gasteiger partial charge in [0, 0.05) is 13.2 Å². The predicted octanol–water partition coefficient (Wildman–Crippen LogP) is 3.87. The van der Waals surface area contributed by atoms with Gasteiger partial charge in [0.15, 0.2) is 0 Å². The molecule has 0 spiro atoms. The quantitative estimate of drug-likeness (QED) is 0.563. The molecule has 3 rings (SSSR count). The van der Waals surface area contributed by atoms with Crippen molar-refractivity contribution in [3.8, 4) is 0 Å². The lowest BCUT2D eigenvalue weighted by molar-refractivity contribution is 0.0948. The highest BCUT2D eigenvalue weighted by molar-refractivity contribution is 5.68. The van der Waals surface area contributed by atoms with Crippen LogP contribution >= 0.6 is 0 Å². The molecule has 1 aliphatic carbocycles. The van der Waals surface area contributed by atoms with E-state index in [-0.39, 0.29) is 12.1 Å². The van der Waals surface area contributed by atoms with E-state index in [0.29, 0.717) is 25.0 Å². The van der Waals surface area contributed by atoms with E-state index in [1.165, 1.54) is 25.5 Å². The van der Waals surface area contributed by atoms with Crippen LogP contribution < -0.4 is 0 Å². The smallest absolute Gasteiger partial charge is 0.409 e. The van der Waals surface area contributed by atoms with Gasteiger partial charge in [-0.1, -0.05) is 36.4 Å². The highest BCUT2D eigenvalue weighted by Crippen LogP contribution is 2.47. The molecule has 1 aromatic rings. The summed E-state index contributed by atoms with van der Waals surface area (Å²) in [5.41, 5.74) is 1.19. The molecule has 0 N–H and O–H groups in total. The summed E-state index contributed by atoms with van der Waals surface area (Å²) in [5, 5.41) is 0. The minimum Gasteiger partial charge on any atom is -0.453 e. The average Bonchev–Trinajstić information content (AvgIpc) is 3.40. The molecule has 1 saturated heterocycles. The SMILES string of the molecule is C=C[C@@H]1[C@@H](CCOCc2ccccc2)[C@@H](C2CC2)CN1C(=O)OC. The molecule has 1 amide bonds. The Morgan fingerprint density at radius 2 is 2.08 bits per heavy atom. The van der Waals surface area contributed by atoms with Gasteiger partial charge in [0.1, 0.15) is 0 Å². The molecule has 0 radical (unpaired) electrons. The Labute approximate surface area is 144 Å². The van der Waals surface area contributed by atoms with Crippen LogP contribution in [0.15, 0.2) is 43.0 Å². The summed E-state index contributed by atoms with van der Waals surface area (Å²) >= 11 is 0. The van der Waals surface area contributed by atoms with Crippen LogP contribution in [-0.4, -0.2) is 37.3 Å². The first kappa shape index (κ1) is 17.0. The van der Waals surface area contributed by atoms with Crippen molar-refractivity contribution >= 4 is 6.09 Å². The van der Waals surface area contributed by atoms with E-state index in [0.717, 1.165) is 18.9 Å². The number of nitrogens with zero attached hydrogens (tertiary/aromatic N) is 1. The summed E-state index contributed by atoms with van der Waals surface area (Å²) < 4.78 is 10.8. The zero-order valence-corrected chi connectivity index (χ0v) is 14.4. The Hall–Kier alpha value is -1.81. The van der Waals surface area contributed by atoms with Crippen molar-refractivity contribution in [2.45, 2.75) is 31.9 Å². The standard InChI is InChI=1S/C20H27NO3/c1-3-19-17(11-12-24-14-15-7-5-4-6-8-15)18(16-9-10-16)13-21(19)20(22)23-2/h3-8,16-19H,1,9-14H2,2H3/t17-,18+,19+/m0/s1. The fourth-order valence-electron chi connectivity index (χ4n) is 3.98. The van der Waals surface area contributed by atoms with Crippen molar-refractivity contribution < 1.29 is 14.3 Å². The summed E-state index contributed by atoms with van der Waals surface area (Å²) in [6, 6.07) is 10.3. The van der Waals surface area contributed by atoms with E-state index < -0.39 is 0 Å². The Bertz CT molecular complexity index is 555.